The molecule has 0 aliphatic carbocycles. The van der Waals surface area contributed by atoms with Crippen LogP contribution in [0.15, 0.2) is 48.5 Å². The molecule has 0 aliphatic rings. The third kappa shape index (κ3) is 10.5. The Bertz CT molecular complexity index is 1080. The average molecular weight is 533 g/mol. The highest BCUT2D eigenvalue weighted by atomic mass is 35.5. The Morgan fingerprint density at radius 3 is 2.35 bits per heavy atom. The van der Waals surface area contributed by atoms with E-state index in [1.807, 2.05) is 13.8 Å². The van der Waals surface area contributed by atoms with Gasteiger partial charge in [0, 0.05) is 30.5 Å². The highest BCUT2D eigenvalue weighted by Crippen LogP contribution is 2.24. The summed E-state index contributed by atoms with van der Waals surface area (Å²) in [6, 6.07) is 11.1. The number of nitrogens with one attached hydrogen (secondary N) is 3. The number of carbonyl (C=O) groups excluding carboxylic acids is 3. The first-order valence-corrected chi connectivity index (χ1v) is 12.3. The Balaban J connectivity index is 2.17. The Morgan fingerprint density at radius 1 is 1.03 bits per heavy atom. The zero-order chi connectivity index (χ0) is 27.4. The van der Waals surface area contributed by atoms with E-state index in [2.05, 4.69) is 16.0 Å². The summed E-state index contributed by atoms with van der Waals surface area (Å²) in [7, 11) is 0. The third-order valence-electron chi connectivity index (χ3n) is 5.30. The van der Waals surface area contributed by atoms with Crippen LogP contribution in [0.4, 0.5) is 0 Å². The zero-order valence-corrected chi connectivity index (χ0v) is 21.6. The van der Waals surface area contributed by atoms with E-state index in [1.165, 1.54) is 18.2 Å². The smallest absolute Gasteiger partial charge is 0.326 e. The van der Waals surface area contributed by atoms with E-state index in [4.69, 9.17) is 22.1 Å². The predicted octanol–water partition coefficient (Wildman–Crippen LogP) is 1.89. The van der Waals surface area contributed by atoms with Crippen LogP contribution in [0, 0.1) is 0 Å². The molecule has 0 radical (unpaired) electrons. The number of rotatable bonds is 15. The number of carbonyl (C=O) groups is 4. The summed E-state index contributed by atoms with van der Waals surface area (Å²) in [5, 5.41) is 18.2. The van der Waals surface area contributed by atoms with Gasteiger partial charge in [0.1, 0.15) is 24.4 Å². The van der Waals surface area contributed by atoms with Crippen LogP contribution in [0.2, 0.25) is 5.02 Å². The van der Waals surface area contributed by atoms with Crippen molar-refractivity contribution in [2.45, 2.75) is 51.2 Å². The molecule has 3 amide bonds. The van der Waals surface area contributed by atoms with Crippen LogP contribution in [0.1, 0.15) is 42.6 Å². The monoisotopic (exact) mass is 532 g/mol. The molecule has 10 nitrogen and oxygen atoms in total. The second kappa shape index (κ2) is 14.8. The second-order valence-electron chi connectivity index (χ2n) is 8.72. The van der Waals surface area contributed by atoms with Crippen molar-refractivity contribution in [1.29, 1.82) is 0 Å². The lowest BCUT2D eigenvalue weighted by molar-refractivity contribution is -0.142. The van der Waals surface area contributed by atoms with Crippen LogP contribution in [-0.4, -0.2) is 60.1 Å². The first-order chi connectivity index (χ1) is 17.6. The molecule has 0 fully saturated rings. The molecule has 6 N–H and O–H groups in total. The van der Waals surface area contributed by atoms with Gasteiger partial charge in [-0.1, -0.05) is 55.8 Å². The van der Waals surface area contributed by atoms with E-state index in [0.29, 0.717) is 17.1 Å². The minimum Gasteiger partial charge on any atom is -0.491 e. The molecule has 37 heavy (non-hydrogen) atoms. The van der Waals surface area contributed by atoms with Gasteiger partial charge in [0.2, 0.25) is 11.8 Å². The molecule has 0 unspecified atom stereocenters. The zero-order valence-electron chi connectivity index (χ0n) is 20.8. The van der Waals surface area contributed by atoms with Crippen molar-refractivity contribution in [1.82, 2.24) is 16.0 Å². The topological polar surface area (TPSA) is 160 Å². The van der Waals surface area contributed by atoms with Crippen molar-refractivity contribution in [3.63, 3.8) is 0 Å². The van der Waals surface area contributed by atoms with Gasteiger partial charge in [-0.25, -0.2) is 4.79 Å². The van der Waals surface area contributed by atoms with E-state index in [9.17, 15) is 24.3 Å². The van der Waals surface area contributed by atoms with E-state index in [0.717, 1.165) is 0 Å². The number of carboxylic acids is 1. The normalized spacial score (nSPS) is 12.4. The number of nitrogens with two attached hydrogens (primary N) is 1. The Hall–Kier alpha value is -3.63. The van der Waals surface area contributed by atoms with Gasteiger partial charge in [-0.3, -0.25) is 14.4 Å². The summed E-state index contributed by atoms with van der Waals surface area (Å²) >= 11 is 6.08. The maximum atomic E-state index is 13.1. The van der Waals surface area contributed by atoms with Gasteiger partial charge in [0.05, 0.1) is 5.56 Å². The minimum atomic E-state index is -1.24. The molecular formula is C26H33ClN4O6. The summed E-state index contributed by atoms with van der Waals surface area (Å²) in [6.45, 7) is 4.78. The molecule has 2 atom stereocenters. The minimum absolute atomic E-state index is 0.0397. The van der Waals surface area contributed by atoms with Crippen LogP contribution < -0.4 is 26.4 Å². The molecule has 0 aliphatic heterocycles. The molecule has 11 heteroatoms. The second-order valence-corrected chi connectivity index (χ2v) is 9.15. The Kier molecular flexibility index (Phi) is 11.9. The van der Waals surface area contributed by atoms with Crippen LogP contribution in [0.5, 0.6) is 5.75 Å². The Morgan fingerprint density at radius 2 is 1.73 bits per heavy atom. The van der Waals surface area contributed by atoms with Crippen LogP contribution in [0.25, 0.3) is 0 Å². The number of halogens is 1. The molecule has 0 saturated carbocycles. The van der Waals surface area contributed by atoms with Gasteiger partial charge >= 0.3 is 5.97 Å². The lowest BCUT2D eigenvalue weighted by Gasteiger charge is -2.22. The molecule has 2 rings (SSSR count). The van der Waals surface area contributed by atoms with Crippen molar-refractivity contribution in [3.8, 4) is 5.75 Å². The van der Waals surface area contributed by atoms with Gasteiger partial charge in [-0.15, -0.1) is 0 Å². The molecule has 200 valence electrons. The predicted molar refractivity (Wildman–Crippen MR) is 139 cm³/mol. The van der Waals surface area contributed by atoms with Crippen molar-refractivity contribution >= 4 is 35.3 Å². The number of benzene rings is 2. The fourth-order valence-electron chi connectivity index (χ4n) is 3.43. The molecule has 0 aromatic heterocycles. The lowest BCUT2D eigenvalue weighted by atomic mass is 10.0. The Labute approximate surface area is 220 Å². The van der Waals surface area contributed by atoms with E-state index >= 15 is 0 Å². The molecular weight excluding hydrogens is 500 g/mol. The number of ether oxygens (including phenoxy) is 1. The largest absolute Gasteiger partial charge is 0.491 e. The first kappa shape index (κ1) is 29.6. The number of hydrogen-bond acceptors (Lipinski definition) is 6. The van der Waals surface area contributed by atoms with Gasteiger partial charge in [0.25, 0.3) is 5.91 Å². The molecule has 0 heterocycles. The van der Waals surface area contributed by atoms with Gasteiger partial charge < -0.3 is 31.5 Å². The number of primary amides is 1. The van der Waals surface area contributed by atoms with Crippen molar-refractivity contribution in [2.24, 2.45) is 5.73 Å². The molecule has 2 aromatic carbocycles. The number of carboxylic acid groups (broad SMARTS) is 1. The van der Waals surface area contributed by atoms with E-state index in [1.54, 1.807) is 30.3 Å². The van der Waals surface area contributed by atoms with Crippen molar-refractivity contribution in [3.05, 3.63) is 64.7 Å². The SMILES string of the molecule is CC(C)NCCOc1cc(Cl)ccc1C(=O)N[C@@H](CCC(N)=O)C(=O)N[C@@H](Cc1ccccc1)C(=O)O. The molecule has 0 bridgehead atoms. The molecule has 0 saturated heterocycles. The van der Waals surface area contributed by atoms with Gasteiger partial charge in [0.15, 0.2) is 0 Å². The highest BCUT2D eigenvalue weighted by molar-refractivity contribution is 6.30. The fourth-order valence-corrected chi connectivity index (χ4v) is 3.59. The first-order valence-electron chi connectivity index (χ1n) is 11.9. The van der Waals surface area contributed by atoms with E-state index in [-0.39, 0.29) is 43.2 Å². The van der Waals surface area contributed by atoms with Crippen molar-refractivity contribution in [2.75, 3.05) is 13.2 Å². The summed E-state index contributed by atoms with van der Waals surface area (Å²) < 4.78 is 5.73. The van der Waals surface area contributed by atoms with Crippen molar-refractivity contribution < 1.29 is 29.0 Å². The number of hydrogen-bond donors (Lipinski definition) is 5. The summed E-state index contributed by atoms with van der Waals surface area (Å²) in [5.41, 5.74) is 6.09. The quantitative estimate of drug-likeness (QED) is 0.219. The maximum absolute atomic E-state index is 13.1. The maximum Gasteiger partial charge on any atom is 0.326 e. The highest BCUT2D eigenvalue weighted by Gasteiger charge is 2.28. The standard InChI is InChI=1S/C26H33ClN4O6/c1-16(2)29-12-13-37-22-15-18(27)8-9-19(22)24(33)30-20(10-11-23(28)32)25(34)31-21(26(35)36)14-17-6-4-3-5-7-17/h3-9,15-16,20-21,29H,10-14H2,1-2H3,(H2,28,32)(H,30,33)(H,31,34)(H,35,36)/t20-,21-/m0/s1. The fraction of sp³-hybridized carbons (Fsp3) is 0.385. The van der Waals surface area contributed by atoms with Crippen LogP contribution in [0.3, 0.4) is 0 Å². The van der Waals surface area contributed by atoms with Crippen LogP contribution in [-0.2, 0) is 20.8 Å². The summed E-state index contributed by atoms with van der Waals surface area (Å²) in [6.07, 6.45) is -0.274. The average Bonchev–Trinajstić information content (AvgIpc) is 2.84. The molecule has 0 spiro atoms. The summed E-state index contributed by atoms with van der Waals surface area (Å²) in [4.78, 5) is 49.4. The summed E-state index contributed by atoms with van der Waals surface area (Å²) in [5.74, 6) is -3.09. The van der Waals surface area contributed by atoms with Crippen LogP contribution >= 0.6 is 11.6 Å². The van der Waals surface area contributed by atoms with E-state index < -0.39 is 35.8 Å². The third-order valence-corrected chi connectivity index (χ3v) is 5.53. The number of aliphatic carboxylic acids is 1. The lowest BCUT2D eigenvalue weighted by Crippen LogP contribution is -2.52. The van der Waals surface area contributed by atoms with Gasteiger partial charge in [-0.05, 0) is 30.2 Å². The molecule has 2 aromatic rings. The van der Waals surface area contributed by atoms with Gasteiger partial charge in [-0.2, -0.15) is 0 Å². The number of amides is 3.